The molecule has 0 aromatic heterocycles. The van der Waals surface area contributed by atoms with Gasteiger partial charge in [0.25, 0.3) is 0 Å². The third-order valence-electron chi connectivity index (χ3n) is 6.10. The first-order chi connectivity index (χ1) is 16.9. The van der Waals surface area contributed by atoms with E-state index in [2.05, 4.69) is 10.1 Å². The third-order valence-corrected chi connectivity index (χ3v) is 8.02. The minimum atomic E-state index is -4.81. The normalized spacial score (nSPS) is 19.1. The molecule has 0 radical (unpaired) electrons. The molecule has 0 unspecified atom stereocenters. The zero-order valence-electron chi connectivity index (χ0n) is 18.9. The molecule has 13 heteroatoms. The summed E-state index contributed by atoms with van der Waals surface area (Å²) in [4.78, 5) is 11.4. The molecular formula is C23H24F3NO8S. The average Bonchev–Trinajstić information content (AvgIpc) is 3.25. The Morgan fingerprint density at radius 2 is 1.42 bits per heavy atom. The Labute approximate surface area is 205 Å². The van der Waals surface area contributed by atoms with Gasteiger partial charge in [0.2, 0.25) is 0 Å². The number of hydrogen-bond acceptors (Lipinski definition) is 7. The lowest BCUT2D eigenvalue weighted by Gasteiger charge is -2.43. The summed E-state index contributed by atoms with van der Waals surface area (Å²) < 4.78 is 83.9. The van der Waals surface area contributed by atoms with Crippen molar-refractivity contribution in [2.75, 3.05) is 19.0 Å². The molecule has 2 N–H and O–H groups in total. The van der Waals surface area contributed by atoms with Crippen molar-refractivity contribution < 1.29 is 50.4 Å². The molecule has 1 saturated carbocycles. The summed E-state index contributed by atoms with van der Waals surface area (Å²) in [5.41, 5.74) is -1.19. The number of alkyl halides is 3. The van der Waals surface area contributed by atoms with E-state index < -0.39 is 45.1 Å². The van der Waals surface area contributed by atoms with Crippen LogP contribution in [0, 0.1) is 0 Å². The molecule has 1 aliphatic carbocycles. The van der Waals surface area contributed by atoms with E-state index in [-0.39, 0.29) is 29.2 Å². The second-order valence-corrected chi connectivity index (χ2v) is 10.7. The number of halogens is 3. The molecule has 196 valence electrons. The molecule has 2 aromatic carbocycles. The van der Waals surface area contributed by atoms with Crippen molar-refractivity contribution in [1.29, 1.82) is 0 Å². The molecule has 9 nitrogen and oxygen atoms in total. The molecule has 4 rings (SSSR count). The zero-order chi connectivity index (χ0) is 26.0. The van der Waals surface area contributed by atoms with Crippen LogP contribution in [0.15, 0.2) is 53.4 Å². The van der Waals surface area contributed by atoms with Gasteiger partial charge in [-0.25, -0.2) is 13.2 Å². The van der Waals surface area contributed by atoms with Gasteiger partial charge >= 0.3 is 12.5 Å². The maximum absolute atomic E-state index is 13.2. The predicted molar refractivity (Wildman–Crippen MR) is 119 cm³/mol. The molecule has 1 heterocycles. The second-order valence-electron chi connectivity index (χ2n) is 8.67. The summed E-state index contributed by atoms with van der Waals surface area (Å²) in [6.07, 6.45) is -4.93. The van der Waals surface area contributed by atoms with E-state index in [1.54, 1.807) is 0 Å². The van der Waals surface area contributed by atoms with Crippen molar-refractivity contribution in [2.24, 2.45) is 0 Å². The minimum absolute atomic E-state index is 0.0241. The first kappa shape index (κ1) is 26.0. The summed E-state index contributed by atoms with van der Waals surface area (Å²) in [6, 6.07) is 10.2. The largest absolute Gasteiger partial charge is 0.573 e. The molecule has 0 atom stereocenters. The highest BCUT2D eigenvalue weighted by Crippen LogP contribution is 2.41. The number of rotatable bonds is 7. The fourth-order valence-corrected chi connectivity index (χ4v) is 6.24. The highest BCUT2D eigenvalue weighted by molar-refractivity contribution is 7.91. The number of nitrogens with one attached hydrogen (secondary N) is 1. The van der Waals surface area contributed by atoms with Crippen LogP contribution >= 0.6 is 0 Å². The van der Waals surface area contributed by atoms with Crippen LogP contribution in [0.1, 0.15) is 25.7 Å². The fourth-order valence-electron chi connectivity index (χ4n) is 4.43. The number of carbonyl (C=O) groups is 1. The van der Waals surface area contributed by atoms with Gasteiger partial charge in [0, 0.05) is 12.8 Å². The molecule has 1 spiro atoms. The molecule has 1 aliphatic heterocycles. The van der Waals surface area contributed by atoms with Crippen LogP contribution in [0.25, 0.3) is 0 Å². The van der Waals surface area contributed by atoms with E-state index in [0.717, 1.165) is 12.1 Å². The summed E-state index contributed by atoms with van der Waals surface area (Å²) >= 11 is 0. The zero-order valence-corrected chi connectivity index (χ0v) is 19.7. The van der Waals surface area contributed by atoms with E-state index in [4.69, 9.17) is 14.2 Å². The maximum atomic E-state index is 13.2. The number of hydrogen-bond donors (Lipinski definition) is 2. The maximum Gasteiger partial charge on any atom is 0.573 e. The fraction of sp³-hybridized carbons (Fsp3) is 0.435. The van der Waals surface area contributed by atoms with Crippen molar-refractivity contribution in [3.63, 3.8) is 0 Å². The minimum Gasteiger partial charge on any atom is -0.465 e. The number of benzene rings is 2. The first-order valence-corrected chi connectivity index (χ1v) is 12.7. The second kappa shape index (κ2) is 9.79. The average molecular weight is 532 g/mol. The van der Waals surface area contributed by atoms with Crippen LogP contribution in [0.3, 0.4) is 0 Å². The summed E-state index contributed by atoms with van der Waals surface area (Å²) in [5.74, 6) is -1.16. The summed E-state index contributed by atoms with van der Waals surface area (Å²) in [7, 11) is -3.90. The van der Waals surface area contributed by atoms with Gasteiger partial charge in [-0.15, -0.1) is 13.2 Å². The molecule has 2 aliphatic rings. The van der Waals surface area contributed by atoms with Gasteiger partial charge in [-0.1, -0.05) is 0 Å². The van der Waals surface area contributed by atoms with E-state index >= 15 is 0 Å². The predicted octanol–water partition coefficient (Wildman–Crippen LogP) is 4.47. The van der Waals surface area contributed by atoms with E-state index in [0.29, 0.717) is 26.1 Å². The molecular weight excluding hydrogens is 507 g/mol. The van der Waals surface area contributed by atoms with E-state index in [1.165, 1.54) is 36.4 Å². The van der Waals surface area contributed by atoms with E-state index in [9.17, 15) is 31.5 Å². The standard InChI is InChI=1S/C23H24F3NO8S/c24-23(25,26)35-18-3-1-16(2-4-18)34-17-5-7-19(8-6-17)36(30,31)15-21(27-20(28)29)9-11-22(12-10-21)32-13-14-33-22/h1-8,27H,9-15H2,(H,28,29). The Morgan fingerprint density at radius 1 is 0.917 bits per heavy atom. The third kappa shape index (κ3) is 6.39. The van der Waals surface area contributed by atoms with Crippen LogP contribution in [0.2, 0.25) is 0 Å². The lowest BCUT2D eigenvalue weighted by Crippen LogP contribution is -2.57. The SMILES string of the molecule is O=C(O)NC1(CS(=O)(=O)c2ccc(Oc3ccc(OC(F)(F)F)cc3)cc2)CCC2(CC1)OCCO2. The Hall–Kier alpha value is -3.03. The highest BCUT2D eigenvalue weighted by Gasteiger charge is 2.49. The summed E-state index contributed by atoms with van der Waals surface area (Å²) in [5, 5.41) is 11.8. The quantitative estimate of drug-likeness (QED) is 0.537. The van der Waals surface area contributed by atoms with Crippen LogP contribution in [-0.2, 0) is 19.3 Å². The smallest absolute Gasteiger partial charge is 0.465 e. The Morgan fingerprint density at radius 3 is 1.92 bits per heavy atom. The van der Waals surface area contributed by atoms with Crippen LogP contribution in [-0.4, -0.2) is 56.3 Å². The summed E-state index contributed by atoms with van der Waals surface area (Å²) in [6.45, 7) is 0.884. The number of amides is 1. The van der Waals surface area contributed by atoms with Gasteiger partial charge in [-0.2, -0.15) is 0 Å². The van der Waals surface area contributed by atoms with Crippen LogP contribution in [0.4, 0.5) is 18.0 Å². The molecule has 1 amide bonds. The Kier molecular flexibility index (Phi) is 7.08. The lowest BCUT2D eigenvalue weighted by atomic mass is 9.80. The monoisotopic (exact) mass is 531 g/mol. The van der Waals surface area contributed by atoms with Crippen molar-refractivity contribution in [3.05, 3.63) is 48.5 Å². The number of carboxylic acid groups (broad SMARTS) is 1. The van der Waals surface area contributed by atoms with Crippen molar-refractivity contribution in [3.8, 4) is 17.2 Å². The Bertz CT molecular complexity index is 1170. The van der Waals surface area contributed by atoms with E-state index in [1.807, 2.05) is 0 Å². The van der Waals surface area contributed by atoms with Gasteiger partial charge in [0.05, 0.1) is 29.4 Å². The van der Waals surface area contributed by atoms with Crippen molar-refractivity contribution >= 4 is 15.9 Å². The van der Waals surface area contributed by atoms with Crippen LogP contribution < -0.4 is 14.8 Å². The molecule has 0 bridgehead atoms. The van der Waals surface area contributed by atoms with Gasteiger partial charge in [-0.05, 0) is 61.4 Å². The van der Waals surface area contributed by atoms with Gasteiger partial charge in [0.1, 0.15) is 17.2 Å². The van der Waals surface area contributed by atoms with Gasteiger partial charge in [-0.3, -0.25) is 0 Å². The number of ether oxygens (including phenoxy) is 4. The van der Waals surface area contributed by atoms with Crippen LogP contribution in [0.5, 0.6) is 17.2 Å². The number of sulfone groups is 1. The topological polar surface area (TPSA) is 120 Å². The molecule has 1 saturated heterocycles. The van der Waals surface area contributed by atoms with Crippen molar-refractivity contribution in [1.82, 2.24) is 5.32 Å². The first-order valence-electron chi connectivity index (χ1n) is 11.0. The van der Waals surface area contributed by atoms with Crippen molar-refractivity contribution in [2.45, 2.75) is 48.3 Å². The molecule has 2 fully saturated rings. The highest BCUT2D eigenvalue weighted by atomic mass is 32.2. The molecule has 36 heavy (non-hydrogen) atoms. The molecule has 2 aromatic rings. The van der Waals surface area contributed by atoms with Gasteiger partial charge < -0.3 is 29.4 Å². The van der Waals surface area contributed by atoms with Gasteiger partial charge in [0.15, 0.2) is 15.6 Å². The Balaban J connectivity index is 1.43. The lowest BCUT2D eigenvalue weighted by molar-refractivity contribution is -0.274.